The average Bonchev–Trinajstić information content (AvgIpc) is 3.47. The van der Waals surface area contributed by atoms with Gasteiger partial charge in [0.15, 0.2) is 11.6 Å². The number of ketones is 1. The molecule has 0 saturated heterocycles. The van der Waals surface area contributed by atoms with E-state index in [-0.39, 0.29) is 17.7 Å². The molecule has 4 rings (SSSR count). The Kier molecular flexibility index (Phi) is 6.50. The standard InChI is InChI=1S/C21H21ClN4O.C2H6/c1-23-13-18(27)14-8-9-16(17(22)12-14)19-24-25-20(26(19)2)21(10-11-21)15-6-4-3-5-7-15;1-2/h3-9,12,23H,10-11,13H2,1-2H3;1-2H3. The molecule has 1 fully saturated rings. The monoisotopic (exact) mass is 410 g/mol. The van der Waals surface area contributed by atoms with Gasteiger partial charge in [-0.25, -0.2) is 0 Å². The SMILES string of the molecule is CC.CNCC(=O)c1ccc(-c2nnc(C3(c4ccccc4)CC3)n2C)c(Cl)c1. The number of nitrogens with zero attached hydrogens (tertiary/aromatic N) is 3. The number of halogens is 1. The van der Waals surface area contributed by atoms with Crippen LogP contribution in [0.4, 0.5) is 0 Å². The molecule has 0 atom stereocenters. The first-order valence-corrected chi connectivity index (χ1v) is 10.4. The number of carbonyl (C=O) groups excluding carboxylic acids is 1. The fourth-order valence-corrected chi connectivity index (χ4v) is 3.90. The molecule has 0 amide bonds. The van der Waals surface area contributed by atoms with Crippen molar-refractivity contribution < 1.29 is 4.79 Å². The van der Waals surface area contributed by atoms with Crippen molar-refractivity contribution in [2.24, 2.45) is 7.05 Å². The van der Waals surface area contributed by atoms with E-state index in [0.29, 0.717) is 16.4 Å². The highest BCUT2D eigenvalue weighted by molar-refractivity contribution is 6.33. The first-order chi connectivity index (χ1) is 14.1. The molecule has 6 heteroatoms. The minimum Gasteiger partial charge on any atom is -0.313 e. The maximum atomic E-state index is 12.1. The van der Waals surface area contributed by atoms with E-state index in [9.17, 15) is 4.79 Å². The van der Waals surface area contributed by atoms with Gasteiger partial charge in [-0.2, -0.15) is 0 Å². The van der Waals surface area contributed by atoms with Gasteiger partial charge in [-0.1, -0.05) is 61.8 Å². The highest BCUT2D eigenvalue weighted by Gasteiger charge is 2.49. The minimum atomic E-state index is -0.0591. The van der Waals surface area contributed by atoms with Gasteiger partial charge in [-0.05, 0) is 37.6 Å². The second-order valence-corrected chi connectivity index (χ2v) is 7.41. The van der Waals surface area contributed by atoms with Crippen LogP contribution in [0.1, 0.15) is 48.4 Å². The average molecular weight is 411 g/mol. The zero-order chi connectivity index (χ0) is 21.0. The van der Waals surface area contributed by atoms with Crippen molar-refractivity contribution in [2.45, 2.75) is 32.1 Å². The third kappa shape index (κ3) is 3.98. The van der Waals surface area contributed by atoms with Crippen LogP contribution in [0.25, 0.3) is 11.4 Å². The molecule has 1 N–H and O–H groups in total. The summed E-state index contributed by atoms with van der Waals surface area (Å²) >= 11 is 6.48. The lowest BCUT2D eigenvalue weighted by Crippen LogP contribution is -2.18. The van der Waals surface area contributed by atoms with Gasteiger partial charge in [0.1, 0.15) is 5.82 Å². The lowest BCUT2D eigenvalue weighted by molar-refractivity contribution is 0.0993. The first kappa shape index (κ1) is 21.2. The van der Waals surface area contributed by atoms with Crippen LogP contribution in [-0.4, -0.2) is 34.1 Å². The Labute approximate surface area is 177 Å². The number of nitrogens with one attached hydrogen (secondary N) is 1. The number of carbonyl (C=O) groups is 1. The van der Waals surface area contributed by atoms with Gasteiger partial charge in [-0.15, -0.1) is 10.2 Å². The van der Waals surface area contributed by atoms with Gasteiger partial charge in [0.25, 0.3) is 0 Å². The van der Waals surface area contributed by atoms with Crippen molar-refractivity contribution in [3.63, 3.8) is 0 Å². The van der Waals surface area contributed by atoms with Gasteiger partial charge < -0.3 is 9.88 Å². The number of likely N-dealkylation sites (N-methyl/N-ethyl adjacent to an activating group) is 1. The summed E-state index contributed by atoms with van der Waals surface area (Å²) in [5.41, 5.74) is 2.58. The summed E-state index contributed by atoms with van der Waals surface area (Å²) in [7, 11) is 3.72. The summed E-state index contributed by atoms with van der Waals surface area (Å²) < 4.78 is 2.02. The van der Waals surface area contributed by atoms with Crippen LogP contribution < -0.4 is 5.32 Å². The molecule has 152 valence electrons. The molecule has 2 aromatic carbocycles. The molecular weight excluding hydrogens is 384 g/mol. The molecule has 0 aliphatic heterocycles. The fourth-order valence-electron chi connectivity index (χ4n) is 3.64. The minimum absolute atomic E-state index is 0.00520. The summed E-state index contributed by atoms with van der Waals surface area (Å²) in [6.07, 6.45) is 2.13. The third-order valence-electron chi connectivity index (χ3n) is 5.25. The van der Waals surface area contributed by atoms with Crippen LogP contribution in [0.15, 0.2) is 48.5 Å². The Morgan fingerprint density at radius 2 is 1.83 bits per heavy atom. The predicted molar refractivity (Wildman–Crippen MR) is 118 cm³/mol. The smallest absolute Gasteiger partial charge is 0.176 e. The molecular formula is C23H27ClN4O. The van der Waals surface area contributed by atoms with E-state index >= 15 is 0 Å². The second kappa shape index (κ2) is 8.89. The lowest BCUT2D eigenvalue weighted by Gasteiger charge is -2.15. The predicted octanol–water partition coefficient (Wildman–Crippen LogP) is 4.64. The van der Waals surface area contributed by atoms with Gasteiger partial charge >= 0.3 is 0 Å². The maximum Gasteiger partial charge on any atom is 0.176 e. The quantitative estimate of drug-likeness (QED) is 0.601. The molecule has 0 unspecified atom stereocenters. The Hall–Kier alpha value is -2.50. The molecule has 1 aromatic heterocycles. The van der Waals surface area contributed by atoms with Crippen molar-refractivity contribution in [1.29, 1.82) is 0 Å². The van der Waals surface area contributed by atoms with Crippen LogP contribution in [-0.2, 0) is 12.5 Å². The van der Waals surface area contributed by atoms with E-state index in [2.05, 4.69) is 39.8 Å². The normalized spacial score (nSPS) is 14.1. The molecule has 0 radical (unpaired) electrons. The maximum absolute atomic E-state index is 12.1. The van der Waals surface area contributed by atoms with Crippen molar-refractivity contribution in [2.75, 3.05) is 13.6 Å². The van der Waals surface area contributed by atoms with Crippen LogP contribution in [0.5, 0.6) is 0 Å². The summed E-state index contributed by atoms with van der Waals surface area (Å²) in [4.78, 5) is 12.1. The Morgan fingerprint density at radius 1 is 1.14 bits per heavy atom. The number of benzene rings is 2. The highest BCUT2D eigenvalue weighted by atomic mass is 35.5. The lowest BCUT2D eigenvalue weighted by atomic mass is 9.95. The van der Waals surface area contributed by atoms with Gasteiger partial charge in [0, 0.05) is 18.2 Å². The van der Waals surface area contributed by atoms with Crippen molar-refractivity contribution >= 4 is 17.4 Å². The zero-order valence-electron chi connectivity index (χ0n) is 17.4. The molecule has 1 saturated carbocycles. The number of aromatic nitrogens is 3. The van der Waals surface area contributed by atoms with Crippen molar-refractivity contribution in [1.82, 2.24) is 20.1 Å². The number of Topliss-reactive ketones (excluding diaryl/α,β-unsaturated/α-hetero) is 1. The van der Waals surface area contributed by atoms with Crippen molar-refractivity contribution in [3.8, 4) is 11.4 Å². The third-order valence-corrected chi connectivity index (χ3v) is 5.56. The Morgan fingerprint density at radius 3 is 2.41 bits per heavy atom. The van der Waals surface area contributed by atoms with E-state index in [0.717, 1.165) is 24.2 Å². The molecule has 1 aliphatic rings. The Bertz CT molecular complexity index is 993. The topological polar surface area (TPSA) is 59.8 Å². The second-order valence-electron chi connectivity index (χ2n) is 7.00. The zero-order valence-corrected chi connectivity index (χ0v) is 18.1. The first-order valence-electron chi connectivity index (χ1n) is 10.00. The molecule has 29 heavy (non-hydrogen) atoms. The van der Waals surface area contributed by atoms with Crippen LogP contribution in [0, 0.1) is 0 Å². The molecule has 3 aromatic rings. The highest BCUT2D eigenvalue weighted by Crippen LogP contribution is 2.53. The number of rotatable bonds is 6. The number of hydrogen-bond donors (Lipinski definition) is 1. The van der Waals surface area contributed by atoms with Gasteiger partial charge in [0.05, 0.1) is 17.0 Å². The van der Waals surface area contributed by atoms with Crippen LogP contribution in [0.3, 0.4) is 0 Å². The summed E-state index contributed by atoms with van der Waals surface area (Å²) in [6, 6.07) is 15.8. The van der Waals surface area contributed by atoms with E-state index in [1.165, 1.54) is 5.56 Å². The van der Waals surface area contributed by atoms with Gasteiger partial charge in [-0.3, -0.25) is 4.79 Å². The molecule has 0 spiro atoms. The Balaban J connectivity index is 0.00000117. The summed E-state index contributed by atoms with van der Waals surface area (Å²) in [5, 5.41) is 12.3. The molecule has 1 heterocycles. The molecule has 5 nitrogen and oxygen atoms in total. The van der Waals surface area contributed by atoms with E-state index in [4.69, 9.17) is 11.6 Å². The van der Waals surface area contributed by atoms with Gasteiger partial charge in [0.2, 0.25) is 0 Å². The van der Waals surface area contributed by atoms with E-state index < -0.39 is 0 Å². The molecule has 1 aliphatic carbocycles. The summed E-state index contributed by atoms with van der Waals surface area (Å²) in [5.74, 6) is 1.67. The fraction of sp³-hybridized carbons (Fsp3) is 0.348. The van der Waals surface area contributed by atoms with Crippen LogP contribution >= 0.6 is 11.6 Å². The summed E-state index contributed by atoms with van der Waals surface area (Å²) in [6.45, 7) is 4.28. The van der Waals surface area contributed by atoms with E-state index in [1.54, 1.807) is 19.2 Å². The van der Waals surface area contributed by atoms with Crippen molar-refractivity contribution in [3.05, 3.63) is 70.5 Å². The largest absolute Gasteiger partial charge is 0.313 e. The van der Waals surface area contributed by atoms with Crippen LogP contribution in [0.2, 0.25) is 5.02 Å². The number of hydrogen-bond acceptors (Lipinski definition) is 4. The molecule has 0 bridgehead atoms. The van der Waals surface area contributed by atoms with E-state index in [1.807, 2.05) is 37.6 Å².